The highest BCUT2D eigenvalue weighted by atomic mass is 16.5. The fourth-order valence-electron chi connectivity index (χ4n) is 3.30. The van der Waals surface area contributed by atoms with Gasteiger partial charge in [0.15, 0.2) is 5.82 Å². The fourth-order valence-corrected chi connectivity index (χ4v) is 3.30. The molecule has 0 aliphatic rings. The summed E-state index contributed by atoms with van der Waals surface area (Å²) in [6, 6.07) is 14.1. The molecule has 2 aromatic carbocycles. The number of rotatable bonds is 12. The predicted molar refractivity (Wildman–Crippen MR) is 139 cm³/mol. The number of benzene rings is 2. The maximum absolute atomic E-state index is 12.9. The van der Waals surface area contributed by atoms with Crippen molar-refractivity contribution in [3.63, 3.8) is 0 Å². The third-order valence-electron chi connectivity index (χ3n) is 5.20. The van der Waals surface area contributed by atoms with Crippen molar-refractivity contribution < 1.29 is 19.0 Å². The number of nitrogens with zero attached hydrogens (tertiary/aromatic N) is 2. The highest BCUT2D eigenvalue weighted by molar-refractivity contribution is 5.89. The first kappa shape index (κ1) is 26.0. The first-order valence-corrected chi connectivity index (χ1v) is 11.0. The Hall–Kier alpha value is -4.57. The van der Waals surface area contributed by atoms with Crippen molar-refractivity contribution in [2.24, 2.45) is 5.84 Å². The van der Waals surface area contributed by atoms with Crippen LogP contribution in [0.5, 0.6) is 11.5 Å². The Morgan fingerprint density at radius 2 is 1.94 bits per heavy atom. The largest absolute Gasteiger partial charge is 0.497 e. The van der Waals surface area contributed by atoms with E-state index >= 15 is 0 Å². The van der Waals surface area contributed by atoms with Crippen molar-refractivity contribution in [1.82, 2.24) is 15.3 Å². The second kappa shape index (κ2) is 12.2. The van der Waals surface area contributed by atoms with Crippen molar-refractivity contribution in [3.8, 4) is 11.5 Å². The normalized spacial score (nSPS) is 10.3. The second-order valence-electron chi connectivity index (χ2n) is 7.59. The van der Waals surface area contributed by atoms with E-state index in [1.165, 1.54) is 18.2 Å². The number of hydrogen-bond acceptors (Lipinski definition) is 9. The van der Waals surface area contributed by atoms with Crippen molar-refractivity contribution in [3.05, 3.63) is 94.7 Å². The molecule has 0 atom stereocenters. The van der Waals surface area contributed by atoms with E-state index in [2.05, 4.69) is 33.2 Å². The Kier molecular flexibility index (Phi) is 8.84. The van der Waals surface area contributed by atoms with E-state index in [0.29, 0.717) is 29.2 Å². The number of hydrazine groups is 1. The minimum Gasteiger partial charge on any atom is -0.497 e. The van der Waals surface area contributed by atoms with Gasteiger partial charge in [-0.05, 0) is 48.0 Å². The molecular formula is C26H29N5O5. The molecule has 0 aliphatic heterocycles. The van der Waals surface area contributed by atoms with Gasteiger partial charge < -0.3 is 29.5 Å². The molecule has 1 aromatic heterocycles. The van der Waals surface area contributed by atoms with Gasteiger partial charge in [0.25, 0.3) is 5.56 Å². The molecule has 0 amide bonds. The number of nitrogens with one attached hydrogen (secondary N) is 2. The number of carbonyl (C=O) groups is 1. The molecule has 10 heteroatoms. The number of carbonyl (C=O) groups excluding carboxylic acids is 1. The van der Waals surface area contributed by atoms with E-state index < -0.39 is 11.5 Å². The highest BCUT2D eigenvalue weighted by Crippen LogP contribution is 2.17. The lowest BCUT2D eigenvalue weighted by Crippen LogP contribution is -2.40. The van der Waals surface area contributed by atoms with E-state index in [-0.39, 0.29) is 24.7 Å². The van der Waals surface area contributed by atoms with Crippen molar-refractivity contribution in [1.29, 1.82) is 0 Å². The average Bonchev–Trinajstić information content (AvgIpc) is 2.91. The fraction of sp³-hybridized carbons (Fsp3) is 0.192. The van der Waals surface area contributed by atoms with E-state index in [4.69, 9.17) is 15.3 Å². The Morgan fingerprint density at radius 1 is 1.19 bits per heavy atom. The molecule has 0 bridgehead atoms. The van der Waals surface area contributed by atoms with E-state index in [9.17, 15) is 9.59 Å². The van der Waals surface area contributed by atoms with Gasteiger partial charge in [-0.15, -0.1) is 0 Å². The molecular weight excluding hydrogens is 462 g/mol. The van der Waals surface area contributed by atoms with Crippen LogP contribution < -0.4 is 31.2 Å². The Labute approximate surface area is 209 Å². The molecule has 0 radical (unpaired) electrons. The standard InChI is InChI=1S/C26H29N5O5/c1-5-22-23(31(27)13-14-36-20-11-9-19(10-12-20)26(33)35-4)25(32)30-24(29-22)17(2)28-16-18-7-6-8-21(15-18)34-3/h5-12,15,28H,1-2,13-14,16,27H2,3-4H3,(H,29,30,32). The third-order valence-corrected chi connectivity index (χ3v) is 5.20. The lowest BCUT2D eigenvalue weighted by Gasteiger charge is -2.20. The number of aromatic nitrogens is 2. The van der Waals surface area contributed by atoms with Gasteiger partial charge in [0.1, 0.15) is 23.8 Å². The number of hydrogen-bond donors (Lipinski definition) is 3. The van der Waals surface area contributed by atoms with Crippen LogP contribution in [0.2, 0.25) is 0 Å². The zero-order valence-corrected chi connectivity index (χ0v) is 20.2. The summed E-state index contributed by atoms with van der Waals surface area (Å²) < 4.78 is 15.6. The van der Waals surface area contributed by atoms with Crippen molar-refractivity contribution >= 4 is 23.4 Å². The zero-order chi connectivity index (χ0) is 26.1. The van der Waals surface area contributed by atoms with Gasteiger partial charge in [0, 0.05) is 6.54 Å². The number of nitrogens with two attached hydrogens (primary N) is 1. The van der Waals surface area contributed by atoms with Gasteiger partial charge in [-0.1, -0.05) is 25.3 Å². The Balaban J connectivity index is 1.63. The topological polar surface area (TPSA) is 132 Å². The summed E-state index contributed by atoms with van der Waals surface area (Å²) in [5.41, 5.74) is 1.85. The summed E-state index contributed by atoms with van der Waals surface area (Å²) in [7, 11) is 2.92. The third kappa shape index (κ3) is 6.51. The summed E-state index contributed by atoms with van der Waals surface area (Å²) in [6.45, 7) is 8.57. The quantitative estimate of drug-likeness (QED) is 0.199. The number of esters is 1. The summed E-state index contributed by atoms with van der Waals surface area (Å²) in [5.74, 6) is 7.27. The lowest BCUT2D eigenvalue weighted by atomic mass is 10.2. The number of methoxy groups -OCH3 is 2. The first-order chi connectivity index (χ1) is 17.4. The SMILES string of the molecule is C=Cc1nc(C(=C)NCc2cccc(OC)c2)[nH]c(=O)c1N(N)CCOc1ccc(C(=O)OC)cc1. The summed E-state index contributed by atoms with van der Waals surface area (Å²) in [4.78, 5) is 31.5. The van der Waals surface area contributed by atoms with Crippen molar-refractivity contribution in [2.75, 3.05) is 32.4 Å². The van der Waals surface area contributed by atoms with E-state index in [1.807, 2.05) is 24.3 Å². The molecule has 0 spiro atoms. The van der Waals surface area contributed by atoms with Gasteiger partial charge in [0.2, 0.25) is 0 Å². The van der Waals surface area contributed by atoms with Crippen LogP contribution in [0.4, 0.5) is 5.69 Å². The Bertz CT molecular complexity index is 1290. The molecule has 0 aliphatic carbocycles. The first-order valence-electron chi connectivity index (χ1n) is 11.0. The van der Waals surface area contributed by atoms with Crippen LogP contribution in [0, 0.1) is 0 Å². The molecule has 3 aromatic rings. The minimum atomic E-state index is -0.441. The number of H-pyrrole nitrogens is 1. The molecule has 0 fully saturated rings. The molecule has 0 unspecified atom stereocenters. The number of anilines is 1. The van der Waals surface area contributed by atoms with Gasteiger partial charge in [-0.3, -0.25) is 4.79 Å². The van der Waals surface area contributed by atoms with Crippen LogP contribution in [0.25, 0.3) is 11.8 Å². The van der Waals surface area contributed by atoms with E-state index in [0.717, 1.165) is 11.3 Å². The molecule has 10 nitrogen and oxygen atoms in total. The van der Waals surface area contributed by atoms with Crippen molar-refractivity contribution in [2.45, 2.75) is 6.54 Å². The predicted octanol–water partition coefficient (Wildman–Crippen LogP) is 2.73. The molecule has 0 saturated heterocycles. The molecule has 0 saturated carbocycles. The monoisotopic (exact) mass is 491 g/mol. The van der Waals surface area contributed by atoms with Crippen LogP contribution in [0.3, 0.4) is 0 Å². The molecule has 36 heavy (non-hydrogen) atoms. The van der Waals surface area contributed by atoms with Crippen LogP contribution in [-0.4, -0.2) is 43.3 Å². The summed E-state index contributed by atoms with van der Waals surface area (Å²) >= 11 is 0. The Morgan fingerprint density at radius 3 is 2.61 bits per heavy atom. The molecule has 1 heterocycles. The maximum Gasteiger partial charge on any atom is 0.337 e. The second-order valence-corrected chi connectivity index (χ2v) is 7.59. The average molecular weight is 492 g/mol. The summed E-state index contributed by atoms with van der Waals surface area (Å²) in [5, 5.41) is 4.40. The van der Waals surface area contributed by atoms with Gasteiger partial charge >= 0.3 is 5.97 Å². The minimum absolute atomic E-state index is 0.152. The van der Waals surface area contributed by atoms with Crippen LogP contribution in [0.1, 0.15) is 27.4 Å². The number of aromatic amines is 1. The summed E-state index contributed by atoms with van der Waals surface area (Å²) in [6.07, 6.45) is 1.45. The number of ether oxygens (including phenoxy) is 3. The van der Waals surface area contributed by atoms with Gasteiger partial charge in [-0.2, -0.15) is 0 Å². The van der Waals surface area contributed by atoms with Gasteiger partial charge in [0.05, 0.1) is 37.7 Å². The maximum atomic E-state index is 12.9. The van der Waals surface area contributed by atoms with E-state index in [1.54, 1.807) is 31.4 Å². The van der Waals surface area contributed by atoms with Crippen LogP contribution in [-0.2, 0) is 11.3 Å². The smallest absolute Gasteiger partial charge is 0.337 e. The van der Waals surface area contributed by atoms with Crippen LogP contribution in [0.15, 0.2) is 66.5 Å². The molecule has 4 N–H and O–H groups in total. The highest BCUT2D eigenvalue weighted by Gasteiger charge is 2.16. The molecule has 3 rings (SSSR count). The van der Waals surface area contributed by atoms with Gasteiger partial charge in [-0.25, -0.2) is 15.6 Å². The zero-order valence-electron chi connectivity index (χ0n) is 20.2. The lowest BCUT2D eigenvalue weighted by molar-refractivity contribution is 0.0600. The van der Waals surface area contributed by atoms with Crippen LogP contribution >= 0.6 is 0 Å². The molecule has 188 valence electrons.